The molecule has 0 saturated carbocycles. The molecule has 0 bridgehead atoms. The normalized spacial score (nSPS) is 18.1. The number of nitrogens with zero attached hydrogens (tertiary/aromatic N) is 3. The van der Waals surface area contributed by atoms with Gasteiger partial charge < -0.3 is 10.2 Å². The number of hydrogen-bond donors (Lipinski definition) is 1. The smallest absolute Gasteiger partial charge is 0.148 e. The van der Waals surface area contributed by atoms with Gasteiger partial charge in [-0.2, -0.15) is 0 Å². The summed E-state index contributed by atoms with van der Waals surface area (Å²) in [4.78, 5) is 10.9. The van der Waals surface area contributed by atoms with Gasteiger partial charge in [-0.15, -0.1) is 0 Å². The molecule has 0 atom stereocenters. The minimum absolute atomic E-state index is 0. The molecule has 1 aromatic rings. The van der Waals surface area contributed by atoms with E-state index in [0.29, 0.717) is 12.6 Å². The van der Waals surface area contributed by atoms with E-state index in [4.69, 9.17) is 0 Å². The second-order valence-corrected chi connectivity index (χ2v) is 9.69. The quantitative estimate of drug-likeness (QED) is 0.881. The second-order valence-electron chi connectivity index (χ2n) is 7.43. The molecule has 1 aromatic heterocycles. The third-order valence-electron chi connectivity index (χ3n) is 4.15. The van der Waals surface area contributed by atoms with E-state index in [1.54, 1.807) is 6.33 Å². The number of nitrogens with one attached hydrogen (secondary N) is 1. The van der Waals surface area contributed by atoms with Crippen molar-refractivity contribution in [2.24, 2.45) is 0 Å². The van der Waals surface area contributed by atoms with Gasteiger partial charge in [-0.1, -0.05) is 20.8 Å². The fraction of sp³-hybridized carbons (Fsp3) is 0.750. The largest absolute Gasteiger partial charge is 0.367 e. The van der Waals surface area contributed by atoms with Gasteiger partial charge in [-0.05, 0) is 12.8 Å². The zero-order valence-electron chi connectivity index (χ0n) is 14.5. The Morgan fingerprint density at radius 2 is 1.96 bits per heavy atom. The summed E-state index contributed by atoms with van der Waals surface area (Å²) in [5.41, 5.74) is 1.04. The molecule has 1 aliphatic heterocycles. The number of piperidine rings is 1. The van der Waals surface area contributed by atoms with Crippen molar-refractivity contribution in [3.8, 4) is 0 Å². The van der Waals surface area contributed by atoms with Crippen molar-refractivity contribution in [3.05, 3.63) is 18.1 Å². The molecule has 0 amide bonds. The Balaban J connectivity index is 0.00000288. The average molecular weight is 343 g/mol. The molecular formula is C16H30N4O2S. The summed E-state index contributed by atoms with van der Waals surface area (Å²) in [6, 6.07) is 2.41. The predicted octanol–water partition coefficient (Wildman–Crippen LogP) is 1.94. The summed E-state index contributed by atoms with van der Waals surface area (Å²) in [7, 11) is -2.88. The highest BCUT2D eigenvalue weighted by Gasteiger charge is 2.21. The highest BCUT2D eigenvalue weighted by Crippen LogP contribution is 2.22. The lowest BCUT2D eigenvalue weighted by Gasteiger charge is -2.32. The summed E-state index contributed by atoms with van der Waals surface area (Å²) >= 11 is 0. The van der Waals surface area contributed by atoms with E-state index in [1.807, 2.05) is 6.07 Å². The highest BCUT2D eigenvalue weighted by atomic mass is 32.2. The zero-order valence-corrected chi connectivity index (χ0v) is 15.4. The van der Waals surface area contributed by atoms with Gasteiger partial charge in [-0.25, -0.2) is 18.4 Å². The summed E-state index contributed by atoms with van der Waals surface area (Å²) in [6.07, 6.45) is 4.91. The van der Waals surface area contributed by atoms with Crippen LogP contribution in [0.2, 0.25) is 0 Å². The number of rotatable bonds is 5. The summed E-state index contributed by atoms with van der Waals surface area (Å²) in [5.74, 6) is 1.12. The Hall–Kier alpha value is -1.21. The van der Waals surface area contributed by atoms with E-state index in [1.165, 1.54) is 6.26 Å². The lowest BCUT2D eigenvalue weighted by atomic mass is 9.92. The van der Waals surface area contributed by atoms with Crippen molar-refractivity contribution in [1.82, 2.24) is 14.9 Å². The highest BCUT2D eigenvalue weighted by molar-refractivity contribution is 7.90. The van der Waals surface area contributed by atoms with Crippen molar-refractivity contribution in [2.75, 3.05) is 37.0 Å². The van der Waals surface area contributed by atoms with E-state index in [2.05, 4.69) is 41.0 Å². The average Bonchev–Trinajstić information content (AvgIpc) is 2.45. The summed E-state index contributed by atoms with van der Waals surface area (Å²) in [5, 5.41) is 3.49. The summed E-state index contributed by atoms with van der Waals surface area (Å²) < 4.78 is 22.5. The number of hydrogen-bond acceptors (Lipinski definition) is 6. The first-order chi connectivity index (χ1) is 10.6. The van der Waals surface area contributed by atoms with E-state index >= 15 is 0 Å². The van der Waals surface area contributed by atoms with Gasteiger partial charge in [0.15, 0.2) is 0 Å². The molecule has 1 fully saturated rings. The van der Waals surface area contributed by atoms with Crippen LogP contribution < -0.4 is 5.32 Å². The lowest BCUT2D eigenvalue weighted by molar-refractivity contribution is 0.230. The Kier molecular flexibility index (Phi) is 5.62. The molecule has 7 heteroatoms. The maximum Gasteiger partial charge on any atom is 0.148 e. The van der Waals surface area contributed by atoms with E-state index in [9.17, 15) is 8.42 Å². The molecule has 0 spiro atoms. The monoisotopic (exact) mass is 342 g/mol. The molecule has 0 aromatic carbocycles. The Morgan fingerprint density at radius 1 is 1.30 bits per heavy atom. The predicted molar refractivity (Wildman–Crippen MR) is 95.6 cm³/mol. The van der Waals surface area contributed by atoms with E-state index in [0.717, 1.165) is 37.4 Å². The molecular weight excluding hydrogens is 312 g/mol. The van der Waals surface area contributed by atoms with Gasteiger partial charge in [0.1, 0.15) is 22.0 Å². The minimum Gasteiger partial charge on any atom is -0.367 e. The van der Waals surface area contributed by atoms with Gasteiger partial charge in [0, 0.05) is 44.8 Å². The molecule has 1 N–H and O–H groups in total. The molecule has 1 saturated heterocycles. The third kappa shape index (κ3) is 6.06. The lowest BCUT2D eigenvalue weighted by Crippen LogP contribution is -2.41. The first-order valence-electron chi connectivity index (χ1n) is 8.13. The van der Waals surface area contributed by atoms with Crippen molar-refractivity contribution < 1.29 is 9.84 Å². The molecule has 1 aliphatic rings. The topological polar surface area (TPSA) is 75.2 Å². The SMILES string of the molecule is CC(C)(C)c1cc(NC2CCN(CCS(C)(=O)=O)CC2)ncn1.[HH]. The Morgan fingerprint density at radius 3 is 2.52 bits per heavy atom. The molecule has 23 heavy (non-hydrogen) atoms. The van der Waals surface area contributed by atoms with Crippen LogP contribution in [0.1, 0.15) is 40.7 Å². The van der Waals surface area contributed by atoms with Gasteiger partial charge >= 0.3 is 0 Å². The Labute approximate surface area is 141 Å². The van der Waals surface area contributed by atoms with Crippen LogP contribution in [0.25, 0.3) is 0 Å². The van der Waals surface area contributed by atoms with Crippen molar-refractivity contribution in [2.45, 2.75) is 45.1 Å². The molecule has 0 unspecified atom stereocenters. The van der Waals surface area contributed by atoms with Gasteiger partial charge in [0.05, 0.1) is 11.4 Å². The van der Waals surface area contributed by atoms with Crippen molar-refractivity contribution >= 4 is 15.7 Å². The fourth-order valence-corrected chi connectivity index (χ4v) is 3.24. The number of aromatic nitrogens is 2. The first-order valence-corrected chi connectivity index (χ1v) is 10.2. The van der Waals surface area contributed by atoms with E-state index in [-0.39, 0.29) is 12.6 Å². The van der Waals surface area contributed by atoms with Crippen molar-refractivity contribution in [1.29, 1.82) is 0 Å². The molecule has 2 heterocycles. The first kappa shape index (κ1) is 18.1. The van der Waals surface area contributed by atoms with Gasteiger partial charge in [-0.3, -0.25) is 0 Å². The number of likely N-dealkylation sites (tertiary alicyclic amines) is 1. The molecule has 132 valence electrons. The van der Waals surface area contributed by atoms with Crippen LogP contribution in [0.15, 0.2) is 12.4 Å². The number of sulfone groups is 1. The maximum atomic E-state index is 11.2. The van der Waals surface area contributed by atoms with Crippen LogP contribution in [0.5, 0.6) is 0 Å². The van der Waals surface area contributed by atoms with E-state index < -0.39 is 9.84 Å². The van der Waals surface area contributed by atoms with Crippen LogP contribution in [0, 0.1) is 0 Å². The maximum absolute atomic E-state index is 11.2. The van der Waals surface area contributed by atoms with Crippen LogP contribution in [0.4, 0.5) is 5.82 Å². The molecule has 0 aliphatic carbocycles. The standard InChI is InChI=1S/C16H28N4O2S.H2/c1-16(2,3)14-11-15(18-12-17-14)19-13-5-7-20(8-6-13)9-10-23(4,21)22;/h11-13H,5-10H2,1-4H3,(H,17,18,19);1H. The second kappa shape index (κ2) is 7.13. The third-order valence-corrected chi connectivity index (χ3v) is 5.08. The fourth-order valence-electron chi connectivity index (χ4n) is 2.65. The summed E-state index contributed by atoms with van der Waals surface area (Å²) in [6.45, 7) is 8.89. The molecule has 2 rings (SSSR count). The molecule has 6 nitrogen and oxygen atoms in total. The number of anilines is 1. The van der Waals surface area contributed by atoms with Crippen LogP contribution in [-0.2, 0) is 15.3 Å². The van der Waals surface area contributed by atoms with Crippen LogP contribution >= 0.6 is 0 Å². The molecule has 0 radical (unpaired) electrons. The Bertz CT molecular complexity index is 623. The van der Waals surface area contributed by atoms with Crippen molar-refractivity contribution in [3.63, 3.8) is 0 Å². The van der Waals surface area contributed by atoms with Crippen LogP contribution in [-0.4, -0.2) is 61.0 Å². The zero-order chi connectivity index (χ0) is 17.1. The van der Waals surface area contributed by atoms with Crippen LogP contribution in [0.3, 0.4) is 0 Å². The minimum atomic E-state index is -2.88. The van der Waals surface area contributed by atoms with Gasteiger partial charge in [0.2, 0.25) is 0 Å². The van der Waals surface area contributed by atoms with Gasteiger partial charge in [0.25, 0.3) is 0 Å².